The van der Waals surface area contributed by atoms with Crippen LogP contribution in [0.15, 0.2) is 17.1 Å². The molecule has 1 heterocycles. The highest BCUT2D eigenvalue weighted by atomic mass is 16.3. The van der Waals surface area contributed by atoms with Crippen molar-refractivity contribution in [2.45, 2.75) is 90.6 Å². The van der Waals surface area contributed by atoms with E-state index in [2.05, 4.69) is 37.2 Å². The van der Waals surface area contributed by atoms with E-state index >= 15 is 0 Å². The van der Waals surface area contributed by atoms with Crippen LogP contribution in [0.25, 0.3) is 0 Å². The molecule has 1 rings (SSSR count). The quantitative estimate of drug-likeness (QED) is 0.252. The van der Waals surface area contributed by atoms with Crippen LogP contribution < -0.4 is 0 Å². The number of aliphatic imine (C=N–C) groups is 1. The van der Waals surface area contributed by atoms with Crippen LogP contribution in [0.1, 0.15) is 84.5 Å². The summed E-state index contributed by atoms with van der Waals surface area (Å²) in [5.74, 6) is 0. The van der Waals surface area contributed by atoms with E-state index in [1.54, 1.807) is 0 Å². The maximum Gasteiger partial charge on any atom is 0.186 e. The average Bonchev–Trinajstić information content (AvgIpc) is 2.99. The maximum atomic E-state index is 9.32. The Bertz CT molecular complexity index is 354. The summed E-state index contributed by atoms with van der Waals surface area (Å²) in [6.45, 7) is 7.61. The van der Waals surface area contributed by atoms with Crippen molar-refractivity contribution < 1.29 is 9.59 Å². The zero-order valence-electron chi connectivity index (χ0n) is 16.3. The number of hydrogen-bond acceptors (Lipinski definition) is 2. The molecule has 0 radical (unpaired) electrons. The molecule has 3 nitrogen and oxygen atoms in total. The third-order valence-electron chi connectivity index (χ3n) is 5.52. The number of hydrogen-bond donors (Lipinski definition) is 1. The third kappa shape index (κ3) is 7.94. The van der Waals surface area contributed by atoms with Crippen molar-refractivity contribution in [3.05, 3.63) is 12.2 Å². The lowest BCUT2D eigenvalue weighted by molar-refractivity contribution is -0.935. The van der Waals surface area contributed by atoms with Crippen LogP contribution in [0.3, 0.4) is 0 Å². The van der Waals surface area contributed by atoms with Gasteiger partial charge in [0.15, 0.2) is 6.17 Å². The standard InChI is InChI=1S/C21H41N2O/c1-3-5-6-7-8-9-10-11-12-13-14-15-16-21-22-17-18-23(21,4-2)19-20-24/h14-15,17,21,24H,3-13,16,18-20H2,1-2H3/q+1/b15-14+. The Morgan fingerprint density at radius 2 is 1.67 bits per heavy atom. The summed E-state index contributed by atoms with van der Waals surface area (Å²) in [5, 5.41) is 9.32. The topological polar surface area (TPSA) is 32.6 Å². The number of aliphatic hydroxyl groups is 1. The number of allylic oxidation sites excluding steroid dienone is 1. The zero-order chi connectivity index (χ0) is 17.5. The molecule has 0 aromatic rings. The van der Waals surface area contributed by atoms with Crippen molar-refractivity contribution >= 4 is 6.21 Å². The van der Waals surface area contributed by atoms with E-state index in [9.17, 15) is 5.11 Å². The number of nitrogens with zero attached hydrogens (tertiary/aromatic N) is 2. The van der Waals surface area contributed by atoms with E-state index in [1.807, 2.05) is 0 Å². The van der Waals surface area contributed by atoms with Crippen LogP contribution in [-0.4, -0.2) is 48.2 Å². The summed E-state index contributed by atoms with van der Waals surface area (Å²) in [6, 6.07) is 0. The number of aliphatic hydroxyl groups excluding tert-OH is 1. The first-order valence-electron chi connectivity index (χ1n) is 10.4. The molecule has 1 aliphatic heterocycles. The SMILES string of the molecule is CCCCCCCCCCC/C=C/CC1N=CC[N+]1(CC)CCO. The van der Waals surface area contributed by atoms with Gasteiger partial charge in [-0.2, -0.15) is 0 Å². The number of rotatable bonds is 15. The molecule has 0 aromatic heterocycles. The average molecular weight is 338 g/mol. The van der Waals surface area contributed by atoms with Crippen LogP contribution in [0.5, 0.6) is 0 Å². The molecule has 0 spiro atoms. The van der Waals surface area contributed by atoms with Gasteiger partial charge in [0.2, 0.25) is 0 Å². The largest absolute Gasteiger partial charge is 0.391 e. The van der Waals surface area contributed by atoms with Gasteiger partial charge in [-0.25, -0.2) is 4.99 Å². The predicted molar refractivity (Wildman–Crippen MR) is 106 cm³/mol. The fourth-order valence-corrected chi connectivity index (χ4v) is 3.73. The summed E-state index contributed by atoms with van der Waals surface area (Å²) in [7, 11) is 0. The van der Waals surface area contributed by atoms with E-state index in [-0.39, 0.29) is 6.61 Å². The van der Waals surface area contributed by atoms with Gasteiger partial charge in [0.05, 0.1) is 19.4 Å². The Labute approximate surface area is 150 Å². The second-order valence-electron chi connectivity index (χ2n) is 7.30. The molecule has 0 aromatic carbocycles. The number of unbranched alkanes of at least 4 members (excludes halogenated alkanes) is 9. The smallest absolute Gasteiger partial charge is 0.186 e. The van der Waals surface area contributed by atoms with Gasteiger partial charge in [-0.15, -0.1) is 0 Å². The van der Waals surface area contributed by atoms with Crippen molar-refractivity contribution in [3.8, 4) is 0 Å². The summed E-state index contributed by atoms with van der Waals surface area (Å²) >= 11 is 0. The highest BCUT2D eigenvalue weighted by molar-refractivity contribution is 5.60. The summed E-state index contributed by atoms with van der Waals surface area (Å²) < 4.78 is 0.929. The molecule has 24 heavy (non-hydrogen) atoms. The molecule has 0 bridgehead atoms. The van der Waals surface area contributed by atoms with E-state index in [1.165, 1.54) is 64.2 Å². The maximum absolute atomic E-state index is 9.32. The van der Waals surface area contributed by atoms with Gasteiger partial charge >= 0.3 is 0 Å². The van der Waals surface area contributed by atoms with Crippen molar-refractivity contribution in [1.29, 1.82) is 0 Å². The van der Waals surface area contributed by atoms with Gasteiger partial charge in [-0.05, 0) is 19.8 Å². The first kappa shape index (κ1) is 21.4. The highest BCUT2D eigenvalue weighted by Gasteiger charge is 2.36. The third-order valence-corrected chi connectivity index (χ3v) is 5.52. The lowest BCUT2D eigenvalue weighted by Crippen LogP contribution is -2.53. The predicted octanol–water partition coefficient (Wildman–Crippen LogP) is 5.09. The summed E-state index contributed by atoms with van der Waals surface area (Å²) in [5.41, 5.74) is 0. The molecule has 2 unspecified atom stereocenters. The van der Waals surface area contributed by atoms with Crippen LogP contribution in [0.2, 0.25) is 0 Å². The van der Waals surface area contributed by atoms with Crippen molar-refractivity contribution in [3.63, 3.8) is 0 Å². The summed E-state index contributed by atoms with van der Waals surface area (Å²) in [6.07, 6.45) is 21.8. The Balaban J connectivity index is 2.04. The van der Waals surface area contributed by atoms with Gasteiger partial charge in [-0.1, -0.05) is 70.4 Å². The number of likely N-dealkylation sites (N-methyl/N-ethyl adjacent to an activating group) is 1. The van der Waals surface area contributed by atoms with E-state index in [4.69, 9.17) is 0 Å². The van der Waals surface area contributed by atoms with E-state index in [0.29, 0.717) is 6.17 Å². The first-order valence-corrected chi connectivity index (χ1v) is 10.4. The molecular weight excluding hydrogens is 296 g/mol. The molecule has 0 aliphatic carbocycles. The molecular formula is C21H41N2O+. The van der Waals surface area contributed by atoms with Crippen molar-refractivity contribution in [2.24, 2.45) is 4.99 Å². The first-order chi connectivity index (χ1) is 11.8. The molecule has 0 saturated heterocycles. The Kier molecular flexibility index (Phi) is 12.1. The van der Waals surface area contributed by atoms with Gasteiger partial charge < -0.3 is 5.11 Å². The summed E-state index contributed by atoms with van der Waals surface area (Å²) in [4.78, 5) is 4.65. The molecule has 0 saturated carbocycles. The molecule has 3 heteroatoms. The lowest BCUT2D eigenvalue weighted by Gasteiger charge is -2.37. The Morgan fingerprint density at radius 1 is 1.00 bits per heavy atom. The molecule has 1 N–H and O–H groups in total. The fourth-order valence-electron chi connectivity index (χ4n) is 3.73. The van der Waals surface area contributed by atoms with E-state index in [0.717, 1.165) is 30.5 Å². The normalized spacial score (nSPS) is 23.5. The molecule has 0 amide bonds. The zero-order valence-corrected chi connectivity index (χ0v) is 16.3. The van der Waals surface area contributed by atoms with Crippen molar-refractivity contribution in [1.82, 2.24) is 0 Å². The second-order valence-corrected chi connectivity index (χ2v) is 7.30. The fraction of sp³-hybridized carbons (Fsp3) is 0.857. The monoisotopic (exact) mass is 337 g/mol. The lowest BCUT2D eigenvalue weighted by atomic mass is 10.1. The van der Waals surface area contributed by atoms with Crippen LogP contribution in [0, 0.1) is 0 Å². The Morgan fingerprint density at radius 3 is 2.29 bits per heavy atom. The minimum atomic E-state index is 0.260. The van der Waals surface area contributed by atoms with Crippen molar-refractivity contribution in [2.75, 3.05) is 26.2 Å². The van der Waals surface area contributed by atoms with Crippen LogP contribution >= 0.6 is 0 Å². The Hall–Kier alpha value is -0.670. The second kappa shape index (κ2) is 13.6. The minimum absolute atomic E-state index is 0.260. The number of quaternary nitrogens is 1. The van der Waals surface area contributed by atoms with Crippen LogP contribution in [-0.2, 0) is 0 Å². The van der Waals surface area contributed by atoms with E-state index < -0.39 is 0 Å². The van der Waals surface area contributed by atoms with Gasteiger partial charge in [-0.3, -0.25) is 4.48 Å². The van der Waals surface area contributed by atoms with Crippen LogP contribution in [0.4, 0.5) is 0 Å². The van der Waals surface area contributed by atoms with Gasteiger partial charge in [0.1, 0.15) is 13.1 Å². The molecule has 1 aliphatic rings. The van der Waals surface area contributed by atoms with Gasteiger partial charge in [0.25, 0.3) is 0 Å². The molecule has 0 fully saturated rings. The van der Waals surface area contributed by atoms with Gasteiger partial charge in [0, 0.05) is 6.42 Å². The minimum Gasteiger partial charge on any atom is -0.391 e. The highest BCUT2D eigenvalue weighted by Crippen LogP contribution is 2.22. The molecule has 2 atom stereocenters. The molecule has 140 valence electrons.